The van der Waals surface area contributed by atoms with Crippen molar-refractivity contribution in [1.82, 2.24) is 9.80 Å². The molecule has 0 atom stereocenters. The fourth-order valence-corrected chi connectivity index (χ4v) is 2.84. The average molecular weight is 287 g/mol. The van der Waals surface area contributed by atoms with Gasteiger partial charge in [-0.3, -0.25) is 4.90 Å². The summed E-state index contributed by atoms with van der Waals surface area (Å²) >= 11 is 12.3. The summed E-state index contributed by atoms with van der Waals surface area (Å²) in [6.45, 7) is 10.8. The molecule has 1 aliphatic rings. The molecule has 0 amide bonds. The molecule has 1 aromatic rings. The molecule has 0 aliphatic carbocycles. The van der Waals surface area contributed by atoms with Crippen molar-refractivity contribution in [3.8, 4) is 0 Å². The van der Waals surface area contributed by atoms with Gasteiger partial charge in [0.05, 0.1) is 0 Å². The molecule has 0 aromatic heterocycles. The highest BCUT2D eigenvalue weighted by Crippen LogP contribution is 2.26. The molecule has 0 spiro atoms. The summed E-state index contributed by atoms with van der Waals surface area (Å²) in [5.74, 6) is 0. The maximum atomic E-state index is 6.17. The van der Waals surface area contributed by atoms with Crippen molar-refractivity contribution in [2.45, 2.75) is 20.4 Å². The van der Waals surface area contributed by atoms with Crippen molar-refractivity contribution in [3.63, 3.8) is 0 Å². The lowest BCUT2D eigenvalue weighted by Gasteiger charge is -2.34. The molecular formula is C14H20Cl2N2. The number of hydrogen-bond acceptors (Lipinski definition) is 2. The number of halogens is 2. The molecule has 2 nitrogen and oxygen atoms in total. The molecule has 1 aromatic carbocycles. The average Bonchev–Trinajstić information content (AvgIpc) is 2.37. The van der Waals surface area contributed by atoms with Gasteiger partial charge in [-0.2, -0.15) is 0 Å². The lowest BCUT2D eigenvalue weighted by Crippen LogP contribution is -2.45. The second-order valence-corrected chi connectivity index (χ2v) is 5.71. The van der Waals surface area contributed by atoms with Gasteiger partial charge in [0.25, 0.3) is 0 Å². The van der Waals surface area contributed by atoms with E-state index in [0.717, 1.165) is 54.9 Å². The summed E-state index contributed by atoms with van der Waals surface area (Å²) in [7, 11) is 0. The van der Waals surface area contributed by atoms with E-state index in [1.165, 1.54) is 5.56 Å². The molecule has 1 fully saturated rings. The van der Waals surface area contributed by atoms with Crippen LogP contribution in [-0.2, 0) is 6.54 Å². The molecule has 18 heavy (non-hydrogen) atoms. The summed E-state index contributed by atoms with van der Waals surface area (Å²) in [5.41, 5.74) is 2.18. The number of rotatable bonds is 3. The number of likely N-dealkylation sites (N-methyl/N-ethyl adjacent to an activating group) is 1. The quantitative estimate of drug-likeness (QED) is 0.840. The van der Waals surface area contributed by atoms with Gasteiger partial charge in [-0.05, 0) is 36.7 Å². The van der Waals surface area contributed by atoms with Gasteiger partial charge < -0.3 is 4.90 Å². The van der Waals surface area contributed by atoms with E-state index in [9.17, 15) is 0 Å². The minimum absolute atomic E-state index is 0.768. The molecular weight excluding hydrogens is 267 g/mol. The van der Waals surface area contributed by atoms with Gasteiger partial charge in [0.15, 0.2) is 0 Å². The van der Waals surface area contributed by atoms with E-state index in [-0.39, 0.29) is 0 Å². The van der Waals surface area contributed by atoms with Crippen LogP contribution in [0, 0.1) is 6.92 Å². The summed E-state index contributed by atoms with van der Waals surface area (Å²) < 4.78 is 0. The van der Waals surface area contributed by atoms with E-state index in [0.29, 0.717) is 0 Å². The normalized spacial score (nSPS) is 18.2. The van der Waals surface area contributed by atoms with E-state index in [4.69, 9.17) is 23.2 Å². The zero-order chi connectivity index (χ0) is 13.1. The van der Waals surface area contributed by atoms with Gasteiger partial charge in [0, 0.05) is 42.8 Å². The lowest BCUT2D eigenvalue weighted by molar-refractivity contribution is 0.132. The van der Waals surface area contributed by atoms with Crippen molar-refractivity contribution in [2.24, 2.45) is 0 Å². The standard InChI is InChI=1S/C14H20Cl2N2/c1-3-17-4-6-18(7-5-17)10-12-8-13(15)11(2)14(16)9-12/h8-9H,3-7,10H2,1-2H3. The molecule has 0 saturated carbocycles. The van der Waals surface area contributed by atoms with Crippen LogP contribution in [0.2, 0.25) is 10.0 Å². The zero-order valence-electron chi connectivity index (χ0n) is 11.0. The van der Waals surface area contributed by atoms with Gasteiger partial charge in [-0.25, -0.2) is 0 Å². The zero-order valence-corrected chi connectivity index (χ0v) is 12.6. The summed E-state index contributed by atoms with van der Waals surface area (Å²) in [4.78, 5) is 4.94. The Morgan fingerprint density at radius 1 is 1.00 bits per heavy atom. The Balaban J connectivity index is 1.98. The second-order valence-electron chi connectivity index (χ2n) is 4.89. The van der Waals surface area contributed by atoms with Crippen LogP contribution >= 0.6 is 23.2 Å². The Morgan fingerprint density at radius 3 is 2.00 bits per heavy atom. The smallest absolute Gasteiger partial charge is 0.0453 e. The highest BCUT2D eigenvalue weighted by atomic mass is 35.5. The van der Waals surface area contributed by atoms with Crippen molar-refractivity contribution < 1.29 is 0 Å². The number of piperazine rings is 1. The van der Waals surface area contributed by atoms with Crippen molar-refractivity contribution in [3.05, 3.63) is 33.3 Å². The van der Waals surface area contributed by atoms with Crippen LogP contribution < -0.4 is 0 Å². The number of benzene rings is 1. The predicted octanol–water partition coefficient (Wildman–Crippen LogP) is 3.44. The van der Waals surface area contributed by atoms with Crippen molar-refractivity contribution >= 4 is 23.2 Å². The molecule has 1 saturated heterocycles. The Kier molecular flexibility index (Phi) is 4.91. The van der Waals surface area contributed by atoms with Gasteiger partial charge in [-0.15, -0.1) is 0 Å². The van der Waals surface area contributed by atoms with Crippen LogP contribution in [-0.4, -0.2) is 42.5 Å². The molecule has 0 bridgehead atoms. The Bertz CT molecular complexity index is 389. The maximum absolute atomic E-state index is 6.17. The Hall–Kier alpha value is -0.280. The fourth-order valence-electron chi connectivity index (χ4n) is 2.31. The lowest BCUT2D eigenvalue weighted by atomic mass is 10.1. The molecule has 100 valence electrons. The van der Waals surface area contributed by atoms with E-state index in [1.807, 2.05) is 19.1 Å². The third-order valence-corrected chi connectivity index (χ3v) is 4.44. The third kappa shape index (κ3) is 3.39. The summed E-state index contributed by atoms with van der Waals surface area (Å²) in [5, 5.41) is 1.54. The highest BCUT2D eigenvalue weighted by Gasteiger charge is 2.16. The first-order valence-corrected chi connectivity index (χ1v) is 7.25. The van der Waals surface area contributed by atoms with Crippen LogP contribution in [0.1, 0.15) is 18.1 Å². The Labute approximate surface area is 119 Å². The van der Waals surface area contributed by atoms with Gasteiger partial charge in [0.2, 0.25) is 0 Å². The number of nitrogens with zero attached hydrogens (tertiary/aromatic N) is 2. The van der Waals surface area contributed by atoms with Crippen LogP contribution in [0.5, 0.6) is 0 Å². The van der Waals surface area contributed by atoms with Crippen LogP contribution in [0.3, 0.4) is 0 Å². The summed E-state index contributed by atoms with van der Waals surface area (Å²) in [6.07, 6.45) is 0. The summed E-state index contributed by atoms with van der Waals surface area (Å²) in [6, 6.07) is 4.07. The van der Waals surface area contributed by atoms with E-state index in [2.05, 4.69) is 16.7 Å². The van der Waals surface area contributed by atoms with Crippen LogP contribution in [0.25, 0.3) is 0 Å². The SMILES string of the molecule is CCN1CCN(Cc2cc(Cl)c(C)c(Cl)c2)CC1. The van der Waals surface area contributed by atoms with E-state index in [1.54, 1.807) is 0 Å². The highest BCUT2D eigenvalue weighted by molar-refractivity contribution is 6.36. The molecule has 0 unspecified atom stereocenters. The first kappa shape index (κ1) is 14.1. The fraction of sp³-hybridized carbons (Fsp3) is 0.571. The molecule has 0 N–H and O–H groups in total. The minimum atomic E-state index is 0.768. The molecule has 1 aliphatic heterocycles. The maximum Gasteiger partial charge on any atom is 0.0453 e. The van der Waals surface area contributed by atoms with Crippen LogP contribution in [0.15, 0.2) is 12.1 Å². The van der Waals surface area contributed by atoms with Crippen molar-refractivity contribution in [1.29, 1.82) is 0 Å². The number of hydrogen-bond donors (Lipinski definition) is 0. The predicted molar refractivity (Wildman–Crippen MR) is 78.6 cm³/mol. The molecule has 4 heteroatoms. The van der Waals surface area contributed by atoms with Gasteiger partial charge in [0.1, 0.15) is 0 Å². The first-order chi connectivity index (χ1) is 8.60. The minimum Gasteiger partial charge on any atom is -0.301 e. The first-order valence-electron chi connectivity index (χ1n) is 6.49. The molecule has 2 rings (SSSR count). The topological polar surface area (TPSA) is 6.48 Å². The third-order valence-electron chi connectivity index (χ3n) is 3.66. The van der Waals surface area contributed by atoms with E-state index < -0.39 is 0 Å². The van der Waals surface area contributed by atoms with Gasteiger partial charge >= 0.3 is 0 Å². The monoisotopic (exact) mass is 286 g/mol. The Morgan fingerprint density at radius 2 is 1.50 bits per heavy atom. The van der Waals surface area contributed by atoms with Crippen LogP contribution in [0.4, 0.5) is 0 Å². The molecule has 0 radical (unpaired) electrons. The largest absolute Gasteiger partial charge is 0.301 e. The van der Waals surface area contributed by atoms with E-state index >= 15 is 0 Å². The van der Waals surface area contributed by atoms with Crippen molar-refractivity contribution in [2.75, 3.05) is 32.7 Å². The van der Waals surface area contributed by atoms with Gasteiger partial charge in [-0.1, -0.05) is 30.1 Å². The molecule has 1 heterocycles. The second kappa shape index (κ2) is 6.25.